The van der Waals surface area contributed by atoms with Gasteiger partial charge in [-0.15, -0.1) is 0 Å². The van der Waals surface area contributed by atoms with Crippen molar-refractivity contribution in [1.82, 2.24) is 0 Å². The number of ether oxygens (including phenoxy) is 2. The first-order valence-corrected chi connectivity index (χ1v) is 7.34. The molecule has 0 spiro atoms. The van der Waals surface area contributed by atoms with Gasteiger partial charge in [-0.3, -0.25) is 0 Å². The number of methoxy groups -OCH3 is 1. The van der Waals surface area contributed by atoms with Gasteiger partial charge in [-0.25, -0.2) is 0 Å². The highest BCUT2D eigenvalue weighted by atomic mass is 16.5. The maximum absolute atomic E-state index is 10.1. The molecule has 0 saturated heterocycles. The van der Waals surface area contributed by atoms with Crippen LogP contribution in [0, 0.1) is 5.92 Å². The van der Waals surface area contributed by atoms with Gasteiger partial charge >= 0.3 is 0 Å². The maximum atomic E-state index is 10.1. The molecule has 0 saturated carbocycles. The Morgan fingerprint density at radius 3 is 2.41 bits per heavy atom. The van der Waals surface area contributed by atoms with Crippen LogP contribution in [0.4, 0.5) is 0 Å². The molecule has 0 amide bonds. The van der Waals surface area contributed by atoms with Crippen LogP contribution in [0.1, 0.15) is 20.3 Å². The Bertz CT molecular complexity index is 635. The standard InChI is InChI=1S/C18H22O4/c1-12(2)6-7-22-18-5-4-13(10-17(18)20)14-8-15(19)11-16(9-14)21-3/h4-5,8-12,19-20H,6-7H2,1-3H3. The molecule has 118 valence electrons. The van der Waals surface area contributed by atoms with Gasteiger partial charge in [-0.1, -0.05) is 19.9 Å². The molecule has 0 heterocycles. The number of hydrogen-bond donors (Lipinski definition) is 2. The van der Waals surface area contributed by atoms with E-state index in [0.717, 1.165) is 17.5 Å². The molecule has 0 fully saturated rings. The zero-order valence-corrected chi connectivity index (χ0v) is 13.2. The Hall–Kier alpha value is -2.36. The van der Waals surface area contributed by atoms with Crippen molar-refractivity contribution in [2.75, 3.05) is 13.7 Å². The van der Waals surface area contributed by atoms with Crippen molar-refractivity contribution in [3.05, 3.63) is 36.4 Å². The van der Waals surface area contributed by atoms with Gasteiger partial charge < -0.3 is 19.7 Å². The molecule has 0 unspecified atom stereocenters. The monoisotopic (exact) mass is 302 g/mol. The first kappa shape index (κ1) is 16.0. The Kier molecular flexibility index (Phi) is 5.15. The highest BCUT2D eigenvalue weighted by Gasteiger charge is 2.08. The Morgan fingerprint density at radius 2 is 1.77 bits per heavy atom. The average molecular weight is 302 g/mol. The van der Waals surface area contributed by atoms with Crippen LogP contribution in [0.2, 0.25) is 0 Å². The topological polar surface area (TPSA) is 58.9 Å². The SMILES string of the molecule is COc1cc(O)cc(-c2ccc(OCCC(C)C)c(O)c2)c1. The first-order valence-electron chi connectivity index (χ1n) is 7.34. The highest BCUT2D eigenvalue weighted by Crippen LogP contribution is 2.34. The summed E-state index contributed by atoms with van der Waals surface area (Å²) in [6, 6.07) is 10.2. The third-order valence-corrected chi connectivity index (χ3v) is 3.37. The minimum atomic E-state index is 0.0866. The summed E-state index contributed by atoms with van der Waals surface area (Å²) in [5.74, 6) is 1.79. The minimum Gasteiger partial charge on any atom is -0.508 e. The van der Waals surface area contributed by atoms with E-state index in [1.54, 1.807) is 31.4 Å². The van der Waals surface area contributed by atoms with Crippen LogP contribution in [0.15, 0.2) is 36.4 Å². The fourth-order valence-corrected chi connectivity index (χ4v) is 2.09. The predicted molar refractivity (Wildman–Crippen MR) is 86.7 cm³/mol. The summed E-state index contributed by atoms with van der Waals surface area (Å²) in [5.41, 5.74) is 1.55. The molecular formula is C18H22O4. The number of benzene rings is 2. The third-order valence-electron chi connectivity index (χ3n) is 3.37. The maximum Gasteiger partial charge on any atom is 0.160 e. The number of hydrogen-bond acceptors (Lipinski definition) is 4. The largest absolute Gasteiger partial charge is 0.508 e. The number of phenolic OH excluding ortho intramolecular Hbond substituents is 2. The molecule has 0 aromatic heterocycles. The molecule has 2 rings (SSSR count). The van der Waals surface area contributed by atoms with Crippen LogP contribution in [0.5, 0.6) is 23.0 Å². The summed E-state index contributed by atoms with van der Waals surface area (Å²) in [4.78, 5) is 0. The molecular weight excluding hydrogens is 280 g/mol. The van der Waals surface area contributed by atoms with Crippen molar-refractivity contribution < 1.29 is 19.7 Å². The second-order valence-electron chi connectivity index (χ2n) is 5.63. The lowest BCUT2D eigenvalue weighted by molar-refractivity contribution is 0.276. The molecule has 0 aliphatic rings. The van der Waals surface area contributed by atoms with Gasteiger partial charge in [0, 0.05) is 6.07 Å². The molecule has 2 N–H and O–H groups in total. The van der Waals surface area contributed by atoms with Crippen molar-refractivity contribution in [2.45, 2.75) is 20.3 Å². The lowest BCUT2D eigenvalue weighted by Crippen LogP contribution is -2.01. The number of phenols is 2. The molecule has 2 aromatic rings. The van der Waals surface area contributed by atoms with Crippen molar-refractivity contribution in [1.29, 1.82) is 0 Å². The predicted octanol–water partition coefficient (Wildman–Crippen LogP) is 4.20. The zero-order valence-electron chi connectivity index (χ0n) is 13.2. The summed E-state index contributed by atoms with van der Waals surface area (Å²) >= 11 is 0. The fraction of sp³-hybridized carbons (Fsp3) is 0.333. The number of aromatic hydroxyl groups is 2. The lowest BCUT2D eigenvalue weighted by atomic mass is 10.0. The van der Waals surface area contributed by atoms with Gasteiger partial charge in [0.2, 0.25) is 0 Å². The number of rotatable bonds is 6. The van der Waals surface area contributed by atoms with Crippen LogP contribution in [-0.2, 0) is 0 Å². The smallest absolute Gasteiger partial charge is 0.160 e. The van der Waals surface area contributed by atoms with Crippen LogP contribution in [0.25, 0.3) is 11.1 Å². The van der Waals surface area contributed by atoms with Gasteiger partial charge in [-0.2, -0.15) is 0 Å². The van der Waals surface area contributed by atoms with Gasteiger partial charge in [-0.05, 0) is 47.7 Å². The normalized spacial score (nSPS) is 10.7. The van der Waals surface area contributed by atoms with E-state index < -0.39 is 0 Å². The minimum absolute atomic E-state index is 0.0866. The second kappa shape index (κ2) is 7.07. The molecule has 2 aromatic carbocycles. The molecule has 4 heteroatoms. The Morgan fingerprint density at radius 1 is 1.00 bits per heavy atom. The molecule has 4 nitrogen and oxygen atoms in total. The molecule has 0 bridgehead atoms. The average Bonchev–Trinajstić information content (AvgIpc) is 2.47. The molecule has 0 aliphatic heterocycles. The third kappa shape index (κ3) is 4.07. The summed E-state index contributed by atoms with van der Waals surface area (Å²) in [7, 11) is 1.54. The van der Waals surface area contributed by atoms with E-state index in [9.17, 15) is 10.2 Å². The van der Waals surface area contributed by atoms with E-state index in [1.165, 1.54) is 6.07 Å². The van der Waals surface area contributed by atoms with E-state index >= 15 is 0 Å². The Balaban J connectivity index is 2.20. The quantitative estimate of drug-likeness (QED) is 0.839. The van der Waals surface area contributed by atoms with E-state index in [-0.39, 0.29) is 11.5 Å². The summed E-state index contributed by atoms with van der Waals surface area (Å²) in [5, 5.41) is 19.8. The molecule has 0 radical (unpaired) electrons. The van der Waals surface area contributed by atoms with Gasteiger partial charge in [0.1, 0.15) is 11.5 Å². The summed E-state index contributed by atoms with van der Waals surface area (Å²) in [6.07, 6.45) is 0.935. The van der Waals surface area contributed by atoms with Crippen molar-refractivity contribution in [2.24, 2.45) is 5.92 Å². The van der Waals surface area contributed by atoms with Gasteiger partial charge in [0.25, 0.3) is 0 Å². The zero-order chi connectivity index (χ0) is 16.1. The van der Waals surface area contributed by atoms with Crippen LogP contribution in [-0.4, -0.2) is 23.9 Å². The van der Waals surface area contributed by atoms with Gasteiger partial charge in [0.05, 0.1) is 13.7 Å². The van der Waals surface area contributed by atoms with Crippen molar-refractivity contribution >= 4 is 0 Å². The van der Waals surface area contributed by atoms with Crippen molar-refractivity contribution in [3.8, 4) is 34.1 Å². The Labute approximate surface area is 130 Å². The van der Waals surface area contributed by atoms with E-state index in [4.69, 9.17) is 9.47 Å². The van der Waals surface area contributed by atoms with Crippen molar-refractivity contribution in [3.63, 3.8) is 0 Å². The fourth-order valence-electron chi connectivity index (χ4n) is 2.09. The molecule has 22 heavy (non-hydrogen) atoms. The van der Waals surface area contributed by atoms with Gasteiger partial charge in [0.15, 0.2) is 11.5 Å². The summed E-state index contributed by atoms with van der Waals surface area (Å²) in [6.45, 7) is 4.83. The van der Waals surface area contributed by atoms with Crippen LogP contribution >= 0.6 is 0 Å². The highest BCUT2D eigenvalue weighted by molar-refractivity contribution is 5.69. The van der Waals surface area contributed by atoms with E-state index in [2.05, 4.69) is 13.8 Å². The van der Waals surface area contributed by atoms with E-state index in [1.807, 2.05) is 6.07 Å². The van der Waals surface area contributed by atoms with E-state index in [0.29, 0.717) is 24.0 Å². The van der Waals surface area contributed by atoms with Crippen LogP contribution in [0.3, 0.4) is 0 Å². The lowest BCUT2D eigenvalue weighted by Gasteiger charge is -2.11. The second-order valence-corrected chi connectivity index (χ2v) is 5.63. The molecule has 0 atom stereocenters. The van der Waals surface area contributed by atoms with Crippen LogP contribution < -0.4 is 9.47 Å². The molecule has 0 aliphatic carbocycles. The summed E-state index contributed by atoms with van der Waals surface area (Å²) < 4.78 is 10.7. The first-order chi connectivity index (χ1) is 10.5.